The molecule has 0 radical (unpaired) electrons. The van der Waals surface area contributed by atoms with Crippen LogP contribution in [-0.4, -0.2) is 10.8 Å². The molecule has 1 fully saturated rings. The van der Waals surface area contributed by atoms with Crippen molar-refractivity contribution in [3.63, 3.8) is 0 Å². The summed E-state index contributed by atoms with van der Waals surface area (Å²) >= 11 is 4.76. The van der Waals surface area contributed by atoms with Gasteiger partial charge in [-0.2, -0.15) is 5.10 Å². The summed E-state index contributed by atoms with van der Waals surface area (Å²) < 4.78 is 0. The zero-order valence-corrected chi connectivity index (χ0v) is 10.7. The topological polar surface area (TPSA) is 50.4 Å². The van der Waals surface area contributed by atoms with E-state index in [-0.39, 0.29) is 10.5 Å². The summed E-state index contributed by atoms with van der Waals surface area (Å²) in [7, 11) is 0. The van der Waals surface area contributed by atoms with E-state index in [1.54, 1.807) is 0 Å². The maximum absolute atomic E-state index is 5.38. The number of rotatable bonds is 1. The van der Waals surface area contributed by atoms with E-state index in [0.717, 1.165) is 6.42 Å². The van der Waals surface area contributed by atoms with E-state index in [2.05, 4.69) is 31.3 Å². The molecule has 1 rings (SSSR count). The van der Waals surface area contributed by atoms with E-state index in [4.69, 9.17) is 18.0 Å². The Hall–Kier alpha value is -0.640. The summed E-state index contributed by atoms with van der Waals surface area (Å²) in [4.78, 5) is 0. The van der Waals surface area contributed by atoms with E-state index in [9.17, 15) is 0 Å². The second kappa shape index (κ2) is 4.92. The van der Waals surface area contributed by atoms with Crippen LogP contribution in [-0.2, 0) is 0 Å². The van der Waals surface area contributed by atoms with Crippen molar-refractivity contribution < 1.29 is 0 Å². The predicted molar refractivity (Wildman–Crippen MR) is 68.8 cm³/mol. The van der Waals surface area contributed by atoms with E-state index in [0.29, 0.717) is 5.92 Å². The standard InChI is InChI=1S/C11H21N3S/c1-11(2,3)8-6-4-5-7-9(8)13-14-10(12)15/h8H,4-7H2,1-3H3,(H3,12,14,15). The Morgan fingerprint density at radius 2 is 2.13 bits per heavy atom. The van der Waals surface area contributed by atoms with Crippen LogP contribution in [0.15, 0.2) is 5.10 Å². The van der Waals surface area contributed by atoms with Gasteiger partial charge in [-0.3, -0.25) is 5.43 Å². The Morgan fingerprint density at radius 1 is 1.47 bits per heavy atom. The minimum atomic E-state index is 0.251. The van der Waals surface area contributed by atoms with Crippen molar-refractivity contribution in [3.05, 3.63) is 0 Å². The van der Waals surface area contributed by atoms with Gasteiger partial charge in [0.2, 0.25) is 0 Å². The van der Waals surface area contributed by atoms with Gasteiger partial charge in [0.15, 0.2) is 5.11 Å². The molecule has 4 heteroatoms. The molecule has 0 aliphatic heterocycles. The largest absolute Gasteiger partial charge is 0.375 e. The molecule has 0 amide bonds. The lowest BCUT2D eigenvalue weighted by Crippen LogP contribution is -2.34. The van der Waals surface area contributed by atoms with Crippen molar-refractivity contribution in [2.45, 2.75) is 46.5 Å². The first-order valence-electron chi connectivity index (χ1n) is 5.53. The molecule has 1 atom stereocenters. The Labute approximate surface area is 97.5 Å². The maximum Gasteiger partial charge on any atom is 0.184 e. The second-order valence-electron chi connectivity index (χ2n) is 5.24. The molecule has 3 N–H and O–H groups in total. The molecular weight excluding hydrogens is 206 g/mol. The van der Waals surface area contributed by atoms with Gasteiger partial charge in [-0.1, -0.05) is 27.2 Å². The summed E-state index contributed by atoms with van der Waals surface area (Å²) in [5.41, 5.74) is 9.59. The molecular formula is C11H21N3S. The van der Waals surface area contributed by atoms with Crippen LogP contribution in [0.3, 0.4) is 0 Å². The van der Waals surface area contributed by atoms with Crippen molar-refractivity contribution in [2.24, 2.45) is 22.2 Å². The highest BCUT2D eigenvalue weighted by molar-refractivity contribution is 7.80. The molecule has 0 spiro atoms. The molecule has 0 saturated heterocycles. The number of hydrazone groups is 1. The Morgan fingerprint density at radius 3 is 2.67 bits per heavy atom. The number of nitrogens with zero attached hydrogens (tertiary/aromatic N) is 1. The average molecular weight is 227 g/mol. The van der Waals surface area contributed by atoms with Crippen molar-refractivity contribution >= 4 is 23.0 Å². The Balaban J connectivity index is 2.74. The van der Waals surface area contributed by atoms with Gasteiger partial charge in [0.05, 0.1) is 0 Å². The Bertz CT molecular complexity index is 265. The number of hydrogen-bond acceptors (Lipinski definition) is 2. The number of nitrogens with one attached hydrogen (secondary N) is 1. The summed E-state index contributed by atoms with van der Waals surface area (Å²) in [5.74, 6) is 0.549. The van der Waals surface area contributed by atoms with Gasteiger partial charge in [0, 0.05) is 11.6 Å². The van der Waals surface area contributed by atoms with Crippen molar-refractivity contribution in [1.29, 1.82) is 0 Å². The van der Waals surface area contributed by atoms with E-state index >= 15 is 0 Å². The van der Waals surface area contributed by atoms with Crippen LogP contribution in [0.1, 0.15) is 46.5 Å². The minimum Gasteiger partial charge on any atom is -0.375 e. The lowest BCUT2D eigenvalue weighted by Gasteiger charge is -2.34. The van der Waals surface area contributed by atoms with Crippen molar-refractivity contribution in [2.75, 3.05) is 0 Å². The summed E-state index contributed by atoms with van der Waals surface area (Å²) in [6, 6.07) is 0. The van der Waals surface area contributed by atoms with Crippen LogP contribution in [0.4, 0.5) is 0 Å². The predicted octanol–water partition coefficient (Wildman–Crippen LogP) is 2.41. The van der Waals surface area contributed by atoms with Crippen LogP contribution in [0.25, 0.3) is 0 Å². The van der Waals surface area contributed by atoms with Crippen LogP contribution < -0.4 is 11.2 Å². The highest BCUT2D eigenvalue weighted by Crippen LogP contribution is 2.35. The highest BCUT2D eigenvalue weighted by atomic mass is 32.1. The molecule has 1 aliphatic rings. The quantitative estimate of drug-likeness (QED) is 0.534. The fourth-order valence-corrected chi connectivity index (χ4v) is 2.23. The van der Waals surface area contributed by atoms with E-state index < -0.39 is 0 Å². The lowest BCUT2D eigenvalue weighted by atomic mass is 9.71. The Kier molecular flexibility index (Phi) is 4.08. The normalized spacial score (nSPS) is 25.3. The average Bonchev–Trinajstić information content (AvgIpc) is 2.13. The minimum absolute atomic E-state index is 0.251. The number of thiocarbonyl (C=S) groups is 1. The second-order valence-corrected chi connectivity index (χ2v) is 5.68. The summed E-state index contributed by atoms with van der Waals surface area (Å²) in [5, 5.41) is 4.58. The van der Waals surface area contributed by atoms with Crippen LogP contribution in [0, 0.1) is 11.3 Å². The van der Waals surface area contributed by atoms with Crippen LogP contribution in [0.2, 0.25) is 0 Å². The van der Waals surface area contributed by atoms with Gasteiger partial charge in [-0.15, -0.1) is 0 Å². The summed E-state index contributed by atoms with van der Waals surface area (Å²) in [6.07, 6.45) is 4.82. The molecule has 3 nitrogen and oxygen atoms in total. The van der Waals surface area contributed by atoms with E-state index in [1.165, 1.54) is 25.0 Å². The SMILES string of the molecule is CC(C)(C)C1CCCCC1=NNC(N)=S. The third-order valence-electron chi connectivity index (χ3n) is 2.93. The first kappa shape index (κ1) is 12.4. The first-order valence-corrected chi connectivity index (χ1v) is 5.94. The molecule has 86 valence electrons. The van der Waals surface area contributed by atoms with Gasteiger partial charge in [-0.25, -0.2) is 0 Å². The van der Waals surface area contributed by atoms with Crippen LogP contribution in [0.5, 0.6) is 0 Å². The van der Waals surface area contributed by atoms with Gasteiger partial charge < -0.3 is 5.73 Å². The van der Waals surface area contributed by atoms with Crippen molar-refractivity contribution in [1.82, 2.24) is 5.43 Å². The van der Waals surface area contributed by atoms with Gasteiger partial charge in [0.25, 0.3) is 0 Å². The lowest BCUT2D eigenvalue weighted by molar-refractivity contribution is 0.276. The molecule has 0 bridgehead atoms. The molecule has 0 aromatic carbocycles. The fourth-order valence-electron chi connectivity index (χ4n) is 2.19. The van der Waals surface area contributed by atoms with Gasteiger partial charge in [0.1, 0.15) is 0 Å². The molecule has 1 unspecified atom stereocenters. The highest BCUT2D eigenvalue weighted by Gasteiger charge is 2.31. The number of nitrogens with two attached hydrogens (primary N) is 1. The van der Waals surface area contributed by atoms with Gasteiger partial charge in [-0.05, 0) is 36.9 Å². The molecule has 0 aromatic rings. The van der Waals surface area contributed by atoms with Gasteiger partial charge >= 0.3 is 0 Å². The zero-order chi connectivity index (χ0) is 11.5. The smallest absolute Gasteiger partial charge is 0.184 e. The maximum atomic E-state index is 5.38. The number of hydrogen-bond donors (Lipinski definition) is 2. The van der Waals surface area contributed by atoms with Crippen molar-refractivity contribution in [3.8, 4) is 0 Å². The van der Waals surface area contributed by atoms with E-state index in [1.807, 2.05) is 0 Å². The molecule has 1 saturated carbocycles. The summed E-state index contributed by atoms with van der Waals surface area (Å²) in [6.45, 7) is 6.79. The molecule has 0 heterocycles. The monoisotopic (exact) mass is 227 g/mol. The molecule has 1 aliphatic carbocycles. The zero-order valence-electron chi connectivity index (χ0n) is 9.84. The molecule has 15 heavy (non-hydrogen) atoms. The third-order valence-corrected chi connectivity index (χ3v) is 3.02. The van der Waals surface area contributed by atoms with Crippen LogP contribution >= 0.6 is 12.2 Å². The first-order chi connectivity index (χ1) is 6.91. The third kappa shape index (κ3) is 3.78. The fraction of sp³-hybridized carbons (Fsp3) is 0.818. The molecule has 0 aromatic heterocycles.